The second kappa shape index (κ2) is 10.9. The third kappa shape index (κ3) is 5.63. The van der Waals surface area contributed by atoms with Crippen molar-refractivity contribution >= 4 is 23.7 Å². The Labute approximate surface area is 190 Å². The molecule has 1 aliphatic heterocycles. The van der Waals surface area contributed by atoms with Crippen LogP contribution in [-0.2, 0) is 16.1 Å². The first-order valence-electron chi connectivity index (χ1n) is 11.6. The third-order valence-electron chi connectivity index (χ3n) is 6.60. The highest BCUT2D eigenvalue weighted by Gasteiger charge is 2.33. The maximum Gasteiger partial charge on any atom is 0.273 e. The quantitative estimate of drug-likeness (QED) is 0.528. The Balaban J connectivity index is 1.67. The highest BCUT2D eigenvalue weighted by atomic mass is 19.1. The predicted octanol–water partition coefficient (Wildman–Crippen LogP) is 4.29. The van der Waals surface area contributed by atoms with E-state index in [1.807, 2.05) is 11.8 Å². The van der Waals surface area contributed by atoms with Crippen molar-refractivity contribution in [2.75, 3.05) is 25.0 Å². The van der Waals surface area contributed by atoms with Gasteiger partial charge in [-0.05, 0) is 63.8 Å². The molecule has 1 heterocycles. The predicted molar refractivity (Wildman–Crippen MR) is 126 cm³/mol. The molecular weight excluding hydrogens is 407 g/mol. The zero-order valence-electron chi connectivity index (χ0n) is 19.7. The zero-order valence-corrected chi connectivity index (χ0v) is 19.7. The van der Waals surface area contributed by atoms with Gasteiger partial charge in [0.15, 0.2) is 0 Å². The Morgan fingerprint density at radius 2 is 1.94 bits per heavy atom. The molecule has 0 unspecified atom stereocenters. The fraction of sp³-hybridized carbons (Fsp3) is 0.560. The summed E-state index contributed by atoms with van der Waals surface area (Å²) in [7, 11) is 0. The van der Waals surface area contributed by atoms with Crippen molar-refractivity contribution in [3.8, 4) is 0 Å². The number of benzene rings is 1. The lowest BCUT2D eigenvalue weighted by molar-refractivity contribution is -0.140. The van der Waals surface area contributed by atoms with E-state index in [0.717, 1.165) is 49.9 Å². The van der Waals surface area contributed by atoms with E-state index in [-0.39, 0.29) is 29.4 Å². The van der Waals surface area contributed by atoms with Gasteiger partial charge in [0.2, 0.25) is 5.91 Å². The minimum absolute atomic E-state index is 0.133. The van der Waals surface area contributed by atoms with Crippen LogP contribution in [-0.4, -0.2) is 53.5 Å². The average Bonchev–Trinajstić information content (AvgIpc) is 3.30. The van der Waals surface area contributed by atoms with E-state index in [0.29, 0.717) is 24.7 Å². The Morgan fingerprint density at radius 1 is 1.22 bits per heavy atom. The molecule has 0 radical (unpaired) electrons. The maximum atomic E-state index is 14.4. The Kier molecular flexibility index (Phi) is 8.18. The molecule has 0 aromatic heterocycles. The molecule has 3 rings (SSSR count). The minimum atomic E-state index is -0.384. The van der Waals surface area contributed by atoms with Crippen molar-refractivity contribution in [2.45, 2.75) is 66.0 Å². The smallest absolute Gasteiger partial charge is 0.273 e. The number of nitrogens with zero attached hydrogens (tertiary/aromatic N) is 3. The Morgan fingerprint density at radius 3 is 2.56 bits per heavy atom. The number of halogens is 1. The van der Waals surface area contributed by atoms with Crippen LogP contribution in [0.5, 0.6) is 0 Å². The molecule has 1 aromatic rings. The highest BCUT2D eigenvalue weighted by Crippen LogP contribution is 2.29. The van der Waals surface area contributed by atoms with Gasteiger partial charge < -0.3 is 10.2 Å². The lowest BCUT2D eigenvalue weighted by Gasteiger charge is -2.41. The van der Waals surface area contributed by atoms with E-state index in [1.54, 1.807) is 26.1 Å². The van der Waals surface area contributed by atoms with Crippen molar-refractivity contribution in [2.24, 2.45) is 10.9 Å². The van der Waals surface area contributed by atoms with Gasteiger partial charge in [-0.15, -0.1) is 0 Å². The van der Waals surface area contributed by atoms with Gasteiger partial charge in [0.25, 0.3) is 5.91 Å². The number of rotatable bonds is 6. The van der Waals surface area contributed by atoms with Crippen molar-refractivity contribution < 1.29 is 14.0 Å². The lowest BCUT2D eigenvalue weighted by atomic mass is 10.0. The third-order valence-corrected chi connectivity index (χ3v) is 6.60. The molecule has 2 aliphatic rings. The van der Waals surface area contributed by atoms with Gasteiger partial charge in [-0.1, -0.05) is 18.9 Å². The van der Waals surface area contributed by atoms with Gasteiger partial charge in [-0.3, -0.25) is 19.5 Å². The van der Waals surface area contributed by atoms with Crippen molar-refractivity contribution in [3.63, 3.8) is 0 Å². The summed E-state index contributed by atoms with van der Waals surface area (Å²) in [5.41, 5.74) is 2.42. The van der Waals surface area contributed by atoms with Crippen LogP contribution in [0.15, 0.2) is 28.9 Å². The number of nitrogens with one attached hydrogen (secondary N) is 1. The largest absolute Gasteiger partial charge is 0.337 e. The number of aliphatic imine (C=N–C) groups is 1. The number of allylic oxidation sites excluding steroid dienone is 1. The van der Waals surface area contributed by atoms with Crippen LogP contribution in [0.25, 0.3) is 0 Å². The minimum Gasteiger partial charge on any atom is -0.337 e. The van der Waals surface area contributed by atoms with Gasteiger partial charge in [0, 0.05) is 50.0 Å². The molecule has 1 N–H and O–H groups in total. The molecule has 6 nitrogen and oxygen atoms in total. The van der Waals surface area contributed by atoms with E-state index in [9.17, 15) is 14.0 Å². The standard InChI is InChI=1S/C25H35FN4O2/c1-5-22(27-6-2)24(31)28-23-14-21(26)13-20(18(23)4)16-29-11-12-30(17(3)15-29)25(32)19-9-7-8-10-19/h5-6,13-14,17,19H,7-12,15-16H2,1-4H3,(H,28,31)/b22-5-,27-6?/t17-/m0/s1. The van der Waals surface area contributed by atoms with Gasteiger partial charge >= 0.3 is 0 Å². The summed E-state index contributed by atoms with van der Waals surface area (Å²) in [6, 6.07) is 3.02. The van der Waals surface area contributed by atoms with Crippen molar-refractivity contribution in [3.05, 3.63) is 40.8 Å². The molecule has 0 bridgehead atoms. The van der Waals surface area contributed by atoms with Crippen LogP contribution in [0.1, 0.15) is 57.6 Å². The number of hydrogen-bond donors (Lipinski definition) is 1. The van der Waals surface area contributed by atoms with Gasteiger partial charge in [0.05, 0.1) is 0 Å². The second-order valence-electron chi connectivity index (χ2n) is 8.85. The molecule has 1 saturated heterocycles. The summed E-state index contributed by atoms with van der Waals surface area (Å²) in [6.45, 7) is 10.3. The summed E-state index contributed by atoms with van der Waals surface area (Å²) in [5.74, 6) is -0.251. The lowest BCUT2D eigenvalue weighted by Crippen LogP contribution is -2.54. The van der Waals surface area contributed by atoms with Gasteiger partial charge in [0.1, 0.15) is 11.5 Å². The van der Waals surface area contributed by atoms with Crippen molar-refractivity contribution in [1.29, 1.82) is 0 Å². The molecule has 7 heteroatoms. The molecule has 1 saturated carbocycles. The van der Waals surface area contributed by atoms with Gasteiger partial charge in [-0.2, -0.15) is 0 Å². The second-order valence-corrected chi connectivity index (χ2v) is 8.85. The highest BCUT2D eigenvalue weighted by molar-refractivity contribution is 6.04. The summed E-state index contributed by atoms with van der Waals surface area (Å²) in [5, 5.41) is 2.79. The molecule has 1 atom stereocenters. The van der Waals surface area contributed by atoms with Crippen LogP contribution in [0.3, 0.4) is 0 Å². The molecular formula is C25H35FN4O2. The summed E-state index contributed by atoms with van der Waals surface area (Å²) >= 11 is 0. The number of carbonyl (C=O) groups is 2. The van der Waals surface area contributed by atoms with E-state index in [2.05, 4.69) is 22.1 Å². The van der Waals surface area contributed by atoms with Crippen LogP contribution < -0.4 is 5.32 Å². The fourth-order valence-corrected chi connectivity index (χ4v) is 4.77. The van der Waals surface area contributed by atoms with Gasteiger partial charge in [-0.25, -0.2) is 4.39 Å². The van der Waals surface area contributed by atoms with Crippen LogP contribution in [0, 0.1) is 18.7 Å². The molecule has 174 valence electrons. The molecule has 1 aliphatic carbocycles. The van der Waals surface area contributed by atoms with Crippen LogP contribution >= 0.6 is 0 Å². The number of amides is 2. The first kappa shape index (κ1) is 24.1. The zero-order chi connectivity index (χ0) is 23.3. The monoisotopic (exact) mass is 442 g/mol. The topological polar surface area (TPSA) is 65.0 Å². The first-order valence-corrected chi connectivity index (χ1v) is 11.6. The molecule has 0 spiro atoms. The maximum absolute atomic E-state index is 14.4. The van der Waals surface area contributed by atoms with Crippen LogP contribution in [0.4, 0.5) is 10.1 Å². The number of hydrogen-bond acceptors (Lipinski definition) is 4. The van der Waals surface area contributed by atoms with E-state index < -0.39 is 0 Å². The summed E-state index contributed by atoms with van der Waals surface area (Å²) in [6.07, 6.45) is 7.52. The average molecular weight is 443 g/mol. The number of piperazine rings is 1. The molecule has 1 aromatic carbocycles. The normalized spacial score (nSPS) is 20.8. The van der Waals surface area contributed by atoms with Crippen LogP contribution in [0.2, 0.25) is 0 Å². The number of carbonyl (C=O) groups excluding carboxylic acids is 2. The molecule has 2 amide bonds. The number of anilines is 1. The summed E-state index contributed by atoms with van der Waals surface area (Å²) in [4.78, 5) is 33.7. The SMILES string of the molecule is CC=N/C(=C\C)C(=O)Nc1cc(F)cc(CN2CCN(C(=O)C3CCCC3)[C@@H](C)C2)c1C. The fourth-order valence-electron chi connectivity index (χ4n) is 4.77. The van der Waals surface area contributed by atoms with E-state index in [4.69, 9.17) is 0 Å². The van der Waals surface area contributed by atoms with Crippen molar-refractivity contribution in [1.82, 2.24) is 9.80 Å². The molecule has 32 heavy (non-hydrogen) atoms. The van der Waals surface area contributed by atoms with E-state index in [1.165, 1.54) is 12.1 Å². The Bertz CT molecular complexity index is 905. The first-order chi connectivity index (χ1) is 15.3. The Hall–Kier alpha value is -2.54. The molecule has 2 fully saturated rings. The van der Waals surface area contributed by atoms with E-state index >= 15 is 0 Å². The summed E-state index contributed by atoms with van der Waals surface area (Å²) < 4.78 is 14.4.